The van der Waals surface area contributed by atoms with Crippen LogP contribution in [0, 0.1) is 5.82 Å². The van der Waals surface area contributed by atoms with E-state index in [4.69, 9.17) is 5.11 Å². The summed E-state index contributed by atoms with van der Waals surface area (Å²) in [5.74, 6) is -0.940. The molecule has 84 valence electrons. The molecule has 1 aromatic heterocycles. The summed E-state index contributed by atoms with van der Waals surface area (Å²) in [5.41, 5.74) is 0.0427. The van der Waals surface area contributed by atoms with Crippen LogP contribution in [0.3, 0.4) is 0 Å². The molecule has 1 aromatic rings. The van der Waals surface area contributed by atoms with Crippen LogP contribution >= 0.6 is 0 Å². The minimum absolute atomic E-state index is 0.0427. The first-order chi connectivity index (χ1) is 7.06. The van der Waals surface area contributed by atoms with Crippen molar-refractivity contribution in [2.45, 2.75) is 13.0 Å². The Labute approximate surface area is 85.2 Å². The van der Waals surface area contributed by atoms with Crippen LogP contribution in [-0.4, -0.2) is 30.1 Å². The highest BCUT2D eigenvalue weighted by atomic mass is 19.3. The van der Waals surface area contributed by atoms with Crippen LogP contribution in [0.1, 0.15) is 5.56 Å². The van der Waals surface area contributed by atoms with Gasteiger partial charge in [0.05, 0.1) is 13.2 Å². The average Bonchev–Trinajstić information content (AvgIpc) is 2.17. The number of rotatable bonds is 4. The van der Waals surface area contributed by atoms with Crippen LogP contribution in [-0.2, 0) is 6.61 Å². The highest BCUT2D eigenvalue weighted by Gasteiger charge is 2.15. The topological polar surface area (TPSA) is 36.4 Å². The summed E-state index contributed by atoms with van der Waals surface area (Å²) in [7, 11) is 1.32. The van der Waals surface area contributed by atoms with Crippen molar-refractivity contribution in [1.29, 1.82) is 0 Å². The van der Waals surface area contributed by atoms with Crippen molar-refractivity contribution in [1.82, 2.24) is 4.98 Å². The van der Waals surface area contributed by atoms with E-state index < -0.39 is 25.4 Å². The van der Waals surface area contributed by atoms with E-state index in [0.717, 1.165) is 4.90 Å². The maximum Gasteiger partial charge on any atom is 0.255 e. The maximum atomic E-state index is 13.5. The number of alkyl halides is 2. The number of anilines is 1. The summed E-state index contributed by atoms with van der Waals surface area (Å²) in [5, 5.41) is 8.77. The lowest BCUT2D eigenvalue weighted by atomic mass is 10.2. The molecule has 0 saturated carbocycles. The molecule has 1 N–H and O–H groups in total. The standard InChI is InChI=1S/C9H11F3N2O/c1-14(4-7(10)11)9-8(12)6(5-15)2-3-13-9/h2-3,7,15H,4-5H2,1H3. The Kier molecular flexibility index (Phi) is 3.90. The Morgan fingerprint density at radius 2 is 2.20 bits per heavy atom. The smallest absolute Gasteiger partial charge is 0.255 e. The molecule has 1 heterocycles. The quantitative estimate of drug-likeness (QED) is 0.833. The largest absolute Gasteiger partial charge is 0.392 e. The number of aliphatic hydroxyl groups excluding tert-OH is 1. The summed E-state index contributed by atoms with van der Waals surface area (Å²) >= 11 is 0. The molecule has 0 bridgehead atoms. The molecule has 0 aliphatic carbocycles. The van der Waals surface area contributed by atoms with E-state index in [2.05, 4.69) is 4.98 Å². The molecule has 0 aromatic carbocycles. The van der Waals surface area contributed by atoms with Gasteiger partial charge in [0, 0.05) is 18.8 Å². The molecule has 0 fully saturated rings. The lowest BCUT2D eigenvalue weighted by molar-refractivity contribution is 0.156. The Bertz CT molecular complexity index is 333. The zero-order valence-corrected chi connectivity index (χ0v) is 8.12. The predicted octanol–water partition coefficient (Wildman–Crippen LogP) is 1.41. The van der Waals surface area contributed by atoms with Gasteiger partial charge in [-0.2, -0.15) is 0 Å². The molecule has 0 unspecified atom stereocenters. The third-order valence-electron chi connectivity index (χ3n) is 1.89. The van der Waals surface area contributed by atoms with E-state index >= 15 is 0 Å². The molecule has 1 rings (SSSR count). The van der Waals surface area contributed by atoms with Crippen LogP contribution in [0.4, 0.5) is 19.0 Å². The molecule has 0 radical (unpaired) electrons. The van der Waals surface area contributed by atoms with Crippen molar-refractivity contribution in [2.75, 3.05) is 18.5 Å². The van der Waals surface area contributed by atoms with Gasteiger partial charge in [-0.1, -0.05) is 0 Å². The second-order valence-electron chi connectivity index (χ2n) is 3.04. The fourth-order valence-electron chi connectivity index (χ4n) is 1.15. The molecular weight excluding hydrogens is 209 g/mol. The Morgan fingerprint density at radius 1 is 1.53 bits per heavy atom. The van der Waals surface area contributed by atoms with Gasteiger partial charge in [0.25, 0.3) is 6.43 Å². The lowest BCUT2D eigenvalue weighted by Gasteiger charge is -2.18. The summed E-state index contributed by atoms with van der Waals surface area (Å²) in [6.07, 6.45) is -1.29. The maximum absolute atomic E-state index is 13.5. The number of hydrogen-bond donors (Lipinski definition) is 1. The van der Waals surface area contributed by atoms with E-state index in [1.54, 1.807) is 0 Å². The molecule has 0 amide bonds. The fraction of sp³-hybridized carbons (Fsp3) is 0.444. The summed E-state index contributed by atoms with van der Waals surface area (Å²) in [6.45, 7) is -1.08. The molecule has 0 aliphatic rings. The minimum Gasteiger partial charge on any atom is -0.392 e. The van der Waals surface area contributed by atoms with Crippen molar-refractivity contribution < 1.29 is 18.3 Å². The van der Waals surface area contributed by atoms with Gasteiger partial charge in [-0.25, -0.2) is 18.2 Å². The average molecular weight is 220 g/mol. The number of aliphatic hydroxyl groups is 1. The SMILES string of the molecule is CN(CC(F)F)c1nccc(CO)c1F. The Hall–Kier alpha value is -1.30. The van der Waals surface area contributed by atoms with Crippen LogP contribution in [0.15, 0.2) is 12.3 Å². The molecule has 0 aliphatic heterocycles. The number of hydrogen-bond acceptors (Lipinski definition) is 3. The normalized spacial score (nSPS) is 10.8. The Balaban J connectivity index is 2.93. The van der Waals surface area contributed by atoms with Gasteiger partial charge in [-0.05, 0) is 6.07 Å². The number of pyridine rings is 1. The van der Waals surface area contributed by atoms with Crippen LogP contribution in [0.2, 0.25) is 0 Å². The highest BCUT2D eigenvalue weighted by Crippen LogP contribution is 2.18. The minimum atomic E-state index is -2.56. The first-order valence-corrected chi connectivity index (χ1v) is 4.29. The van der Waals surface area contributed by atoms with Gasteiger partial charge in [0.1, 0.15) is 0 Å². The molecular formula is C9H11F3N2O. The van der Waals surface area contributed by atoms with Crippen molar-refractivity contribution in [3.8, 4) is 0 Å². The molecule has 0 atom stereocenters. The molecule has 6 heteroatoms. The fourth-order valence-corrected chi connectivity index (χ4v) is 1.15. The van der Waals surface area contributed by atoms with E-state index in [9.17, 15) is 13.2 Å². The third kappa shape index (κ3) is 2.82. The summed E-state index contributed by atoms with van der Waals surface area (Å²) < 4.78 is 37.6. The van der Waals surface area contributed by atoms with Crippen LogP contribution in [0.5, 0.6) is 0 Å². The van der Waals surface area contributed by atoms with Gasteiger partial charge in [0.15, 0.2) is 11.6 Å². The van der Waals surface area contributed by atoms with Gasteiger partial charge in [-0.3, -0.25) is 0 Å². The highest BCUT2D eigenvalue weighted by molar-refractivity contribution is 5.42. The molecule has 15 heavy (non-hydrogen) atoms. The molecule has 3 nitrogen and oxygen atoms in total. The van der Waals surface area contributed by atoms with Gasteiger partial charge in [0.2, 0.25) is 0 Å². The van der Waals surface area contributed by atoms with Crippen molar-refractivity contribution in [3.05, 3.63) is 23.6 Å². The summed E-state index contributed by atoms with van der Waals surface area (Å²) in [4.78, 5) is 4.66. The third-order valence-corrected chi connectivity index (χ3v) is 1.89. The first-order valence-electron chi connectivity index (χ1n) is 4.29. The Morgan fingerprint density at radius 3 is 2.73 bits per heavy atom. The number of halogens is 3. The lowest BCUT2D eigenvalue weighted by Crippen LogP contribution is -2.26. The number of aromatic nitrogens is 1. The zero-order valence-electron chi connectivity index (χ0n) is 8.12. The second-order valence-corrected chi connectivity index (χ2v) is 3.04. The van der Waals surface area contributed by atoms with Crippen LogP contribution < -0.4 is 4.90 Å². The zero-order chi connectivity index (χ0) is 11.4. The van der Waals surface area contributed by atoms with Gasteiger partial charge < -0.3 is 10.0 Å². The van der Waals surface area contributed by atoms with E-state index in [-0.39, 0.29) is 11.4 Å². The number of nitrogens with zero attached hydrogens (tertiary/aromatic N) is 2. The van der Waals surface area contributed by atoms with Crippen molar-refractivity contribution in [3.63, 3.8) is 0 Å². The first kappa shape index (κ1) is 11.8. The van der Waals surface area contributed by atoms with Gasteiger partial charge >= 0.3 is 0 Å². The van der Waals surface area contributed by atoms with E-state index in [1.165, 1.54) is 19.3 Å². The van der Waals surface area contributed by atoms with Crippen molar-refractivity contribution in [2.24, 2.45) is 0 Å². The predicted molar refractivity (Wildman–Crippen MR) is 49.4 cm³/mol. The van der Waals surface area contributed by atoms with E-state index in [0.29, 0.717) is 0 Å². The summed E-state index contributed by atoms with van der Waals surface area (Å²) in [6, 6.07) is 1.30. The molecule has 0 saturated heterocycles. The van der Waals surface area contributed by atoms with Crippen molar-refractivity contribution >= 4 is 5.82 Å². The second kappa shape index (κ2) is 4.97. The molecule has 0 spiro atoms. The van der Waals surface area contributed by atoms with Crippen LogP contribution in [0.25, 0.3) is 0 Å². The van der Waals surface area contributed by atoms with Gasteiger partial charge in [-0.15, -0.1) is 0 Å². The van der Waals surface area contributed by atoms with E-state index in [1.807, 2.05) is 0 Å². The monoisotopic (exact) mass is 220 g/mol.